The van der Waals surface area contributed by atoms with Gasteiger partial charge in [-0.05, 0) is 31.2 Å². The third-order valence-electron chi connectivity index (χ3n) is 5.38. The summed E-state index contributed by atoms with van der Waals surface area (Å²) in [6.45, 7) is 4.74. The van der Waals surface area contributed by atoms with Crippen LogP contribution >= 0.6 is 0 Å². The summed E-state index contributed by atoms with van der Waals surface area (Å²) in [5.74, 6) is -0.185. The number of hydrogen-bond acceptors (Lipinski definition) is 6. The van der Waals surface area contributed by atoms with Gasteiger partial charge < -0.3 is 24.4 Å². The molecule has 0 radical (unpaired) electrons. The molecule has 0 saturated carbocycles. The average Bonchev–Trinajstić information content (AvgIpc) is 3.21. The highest BCUT2D eigenvalue weighted by Crippen LogP contribution is 2.26. The molecule has 3 aromatic rings. The predicted molar refractivity (Wildman–Crippen MR) is 122 cm³/mol. The number of nitrogens with zero attached hydrogens (tertiary/aromatic N) is 3. The minimum absolute atomic E-state index is 0.0943. The summed E-state index contributed by atoms with van der Waals surface area (Å²) in [5.41, 5.74) is 3.39. The Morgan fingerprint density at radius 1 is 1.06 bits per heavy atom. The second-order valence-corrected chi connectivity index (χ2v) is 7.68. The van der Waals surface area contributed by atoms with Crippen molar-refractivity contribution in [3.05, 3.63) is 65.9 Å². The fourth-order valence-electron chi connectivity index (χ4n) is 3.67. The number of aromatic nitrogens is 1. The minimum atomic E-state index is -0.319. The zero-order valence-corrected chi connectivity index (χ0v) is 18.2. The molecule has 1 fully saturated rings. The van der Waals surface area contributed by atoms with Crippen LogP contribution in [0.5, 0.6) is 0 Å². The van der Waals surface area contributed by atoms with Gasteiger partial charge in [-0.3, -0.25) is 9.59 Å². The molecule has 1 N–H and O–H groups in total. The number of benzene rings is 2. The number of ether oxygens (including phenoxy) is 1. The van der Waals surface area contributed by atoms with Gasteiger partial charge in [-0.1, -0.05) is 35.5 Å². The summed E-state index contributed by atoms with van der Waals surface area (Å²) in [5, 5.41) is 6.90. The second-order valence-electron chi connectivity index (χ2n) is 7.68. The minimum Gasteiger partial charge on any atom is -0.378 e. The summed E-state index contributed by atoms with van der Waals surface area (Å²) in [4.78, 5) is 29.2. The first kappa shape index (κ1) is 21.6. The number of aryl methyl sites for hydroxylation is 1. The van der Waals surface area contributed by atoms with Gasteiger partial charge in [-0.2, -0.15) is 0 Å². The van der Waals surface area contributed by atoms with E-state index in [1.807, 2.05) is 54.6 Å². The molecule has 1 aromatic heterocycles. The van der Waals surface area contributed by atoms with Crippen LogP contribution in [0.1, 0.15) is 16.1 Å². The normalized spacial score (nSPS) is 13.6. The zero-order valence-electron chi connectivity index (χ0n) is 18.2. The molecule has 2 amide bonds. The molecular weight excluding hydrogens is 408 g/mol. The van der Waals surface area contributed by atoms with Crippen LogP contribution in [-0.4, -0.2) is 61.8 Å². The molecule has 0 unspecified atom stereocenters. The van der Waals surface area contributed by atoms with Gasteiger partial charge in [-0.15, -0.1) is 0 Å². The van der Waals surface area contributed by atoms with Crippen molar-refractivity contribution in [2.24, 2.45) is 0 Å². The van der Waals surface area contributed by atoms with E-state index in [1.54, 1.807) is 14.0 Å². The number of likely N-dealkylation sites (N-methyl/N-ethyl adjacent to an activating group) is 1. The Morgan fingerprint density at radius 2 is 1.75 bits per heavy atom. The van der Waals surface area contributed by atoms with Gasteiger partial charge in [0.15, 0.2) is 0 Å². The van der Waals surface area contributed by atoms with Crippen LogP contribution in [0.2, 0.25) is 0 Å². The molecule has 1 aliphatic heterocycles. The molecule has 0 atom stereocenters. The monoisotopic (exact) mass is 434 g/mol. The van der Waals surface area contributed by atoms with E-state index in [1.165, 1.54) is 4.90 Å². The van der Waals surface area contributed by atoms with E-state index in [0.717, 1.165) is 37.6 Å². The predicted octanol–water partition coefficient (Wildman–Crippen LogP) is 3.20. The SMILES string of the molecule is Cc1onc(-c2ccccc2)c1C(=O)N(C)CC(=O)Nc1ccc(N2CCOCC2)cc1. The van der Waals surface area contributed by atoms with Gasteiger partial charge >= 0.3 is 0 Å². The van der Waals surface area contributed by atoms with Crippen molar-refractivity contribution in [1.29, 1.82) is 0 Å². The number of morpholine rings is 1. The lowest BCUT2D eigenvalue weighted by Crippen LogP contribution is -2.36. The Morgan fingerprint density at radius 3 is 2.44 bits per heavy atom. The Bertz CT molecular complexity index is 1070. The Kier molecular flexibility index (Phi) is 6.51. The second kappa shape index (κ2) is 9.65. The third-order valence-corrected chi connectivity index (χ3v) is 5.38. The van der Waals surface area contributed by atoms with Gasteiger partial charge in [0.2, 0.25) is 5.91 Å². The van der Waals surface area contributed by atoms with Crippen LogP contribution < -0.4 is 10.2 Å². The van der Waals surface area contributed by atoms with E-state index >= 15 is 0 Å². The maximum Gasteiger partial charge on any atom is 0.259 e. The van der Waals surface area contributed by atoms with E-state index in [9.17, 15) is 9.59 Å². The van der Waals surface area contributed by atoms with E-state index in [2.05, 4.69) is 15.4 Å². The van der Waals surface area contributed by atoms with Gasteiger partial charge in [0.05, 0.1) is 19.8 Å². The van der Waals surface area contributed by atoms with E-state index in [0.29, 0.717) is 22.7 Å². The molecule has 32 heavy (non-hydrogen) atoms. The zero-order chi connectivity index (χ0) is 22.5. The van der Waals surface area contributed by atoms with E-state index in [4.69, 9.17) is 9.26 Å². The fraction of sp³-hybridized carbons (Fsp3) is 0.292. The molecule has 1 saturated heterocycles. The molecule has 8 heteroatoms. The molecule has 4 rings (SSSR count). The molecule has 0 aliphatic carbocycles. The van der Waals surface area contributed by atoms with E-state index < -0.39 is 0 Å². The Labute approximate surface area is 186 Å². The molecule has 0 bridgehead atoms. The largest absolute Gasteiger partial charge is 0.378 e. The summed E-state index contributed by atoms with van der Waals surface area (Å²) in [6, 6.07) is 17.0. The number of anilines is 2. The van der Waals surface area contributed by atoms with Crippen LogP contribution in [0.25, 0.3) is 11.3 Å². The van der Waals surface area contributed by atoms with Crippen molar-refractivity contribution in [2.75, 3.05) is 50.1 Å². The summed E-state index contributed by atoms with van der Waals surface area (Å²) < 4.78 is 10.7. The highest BCUT2D eigenvalue weighted by Gasteiger charge is 2.25. The lowest BCUT2D eigenvalue weighted by Gasteiger charge is -2.28. The first-order valence-electron chi connectivity index (χ1n) is 10.5. The molecular formula is C24H26N4O4. The lowest BCUT2D eigenvalue weighted by molar-refractivity contribution is -0.116. The van der Waals surface area contributed by atoms with Crippen molar-refractivity contribution >= 4 is 23.2 Å². The quantitative estimate of drug-likeness (QED) is 0.641. The maximum atomic E-state index is 13.1. The summed E-state index contributed by atoms with van der Waals surface area (Å²) in [6.07, 6.45) is 0. The maximum absolute atomic E-state index is 13.1. The molecule has 8 nitrogen and oxygen atoms in total. The van der Waals surface area contributed by atoms with Crippen LogP contribution in [0.3, 0.4) is 0 Å². The Hall–Kier alpha value is -3.65. The number of amides is 2. The first-order chi connectivity index (χ1) is 15.5. The number of hydrogen-bond donors (Lipinski definition) is 1. The highest BCUT2D eigenvalue weighted by atomic mass is 16.5. The number of rotatable bonds is 6. The average molecular weight is 434 g/mol. The van der Waals surface area contributed by atoms with Crippen molar-refractivity contribution in [3.63, 3.8) is 0 Å². The summed E-state index contributed by atoms with van der Waals surface area (Å²) >= 11 is 0. The van der Waals surface area contributed by atoms with Crippen molar-refractivity contribution in [2.45, 2.75) is 6.92 Å². The topological polar surface area (TPSA) is 87.9 Å². The highest BCUT2D eigenvalue weighted by molar-refractivity contribution is 6.03. The fourth-order valence-corrected chi connectivity index (χ4v) is 3.67. The van der Waals surface area contributed by atoms with Gasteiger partial charge in [0, 0.05) is 37.1 Å². The van der Waals surface area contributed by atoms with Crippen LogP contribution in [0.4, 0.5) is 11.4 Å². The molecule has 0 spiro atoms. The number of carbonyl (C=O) groups excluding carboxylic acids is 2. The van der Waals surface area contributed by atoms with Gasteiger partial charge in [-0.25, -0.2) is 0 Å². The molecule has 1 aliphatic rings. The summed E-state index contributed by atoms with van der Waals surface area (Å²) in [7, 11) is 1.59. The van der Waals surface area contributed by atoms with Gasteiger partial charge in [0.1, 0.15) is 17.0 Å². The molecule has 2 heterocycles. The van der Waals surface area contributed by atoms with Crippen molar-refractivity contribution in [3.8, 4) is 11.3 Å². The van der Waals surface area contributed by atoms with Crippen LogP contribution in [-0.2, 0) is 9.53 Å². The lowest BCUT2D eigenvalue weighted by atomic mass is 10.1. The smallest absolute Gasteiger partial charge is 0.259 e. The van der Waals surface area contributed by atoms with Crippen LogP contribution in [0, 0.1) is 6.92 Å². The Balaban J connectivity index is 1.39. The van der Waals surface area contributed by atoms with Crippen molar-refractivity contribution in [1.82, 2.24) is 10.1 Å². The van der Waals surface area contributed by atoms with Crippen LogP contribution in [0.15, 0.2) is 59.1 Å². The van der Waals surface area contributed by atoms with Gasteiger partial charge in [0.25, 0.3) is 5.91 Å². The third kappa shape index (κ3) is 4.81. The standard InChI is InChI=1S/C24H26N4O4/c1-17-22(23(26-32-17)18-6-4-3-5-7-18)24(30)27(2)16-21(29)25-19-8-10-20(11-9-19)28-12-14-31-15-13-28/h3-11H,12-16H2,1-2H3,(H,25,29). The number of carbonyl (C=O) groups is 2. The first-order valence-corrected chi connectivity index (χ1v) is 10.5. The molecule has 2 aromatic carbocycles. The van der Waals surface area contributed by atoms with Crippen molar-refractivity contribution < 1.29 is 18.8 Å². The van der Waals surface area contributed by atoms with E-state index in [-0.39, 0.29) is 18.4 Å². The number of nitrogens with one attached hydrogen (secondary N) is 1. The molecule has 166 valence electrons.